The van der Waals surface area contributed by atoms with Crippen LogP contribution in [0, 0.1) is 11.3 Å². The fraction of sp³-hybridized carbons (Fsp3) is 0.800. The monoisotopic (exact) mass is 389 g/mol. The largest absolute Gasteiger partial charge is 0.337 e. The first kappa shape index (κ1) is 19.4. The SMILES string of the molecule is CC(C)(C)C1CCC2(CC1)NC(=O)N(Cc1nc(C3(N)CCCC3)no1)C2=O. The summed E-state index contributed by atoms with van der Waals surface area (Å²) in [4.78, 5) is 31.3. The highest BCUT2D eigenvalue weighted by molar-refractivity contribution is 6.07. The van der Waals surface area contributed by atoms with Crippen molar-refractivity contribution in [2.75, 3.05) is 0 Å². The molecule has 3 aliphatic rings. The number of nitrogens with two attached hydrogens (primary N) is 1. The lowest BCUT2D eigenvalue weighted by Crippen LogP contribution is -2.50. The zero-order chi connectivity index (χ0) is 20.2. The third kappa shape index (κ3) is 3.21. The van der Waals surface area contributed by atoms with Crippen LogP contribution < -0.4 is 11.1 Å². The molecule has 154 valence electrons. The molecule has 8 heteroatoms. The third-order valence-electron chi connectivity index (χ3n) is 7.01. The van der Waals surface area contributed by atoms with Gasteiger partial charge in [-0.2, -0.15) is 4.98 Å². The van der Waals surface area contributed by atoms with E-state index in [9.17, 15) is 9.59 Å². The molecule has 1 aromatic rings. The number of rotatable bonds is 3. The smallest absolute Gasteiger partial charge is 0.325 e. The lowest BCUT2D eigenvalue weighted by atomic mass is 9.67. The third-order valence-corrected chi connectivity index (χ3v) is 7.01. The van der Waals surface area contributed by atoms with E-state index in [1.807, 2.05) is 0 Å². The van der Waals surface area contributed by atoms with Gasteiger partial charge in [0.2, 0.25) is 5.89 Å². The van der Waals surface area contributed by atoms with Gasteiger partial charge in [0.25, 0.3) is 5.91 Å². The molecular formula is C20H31N5O3. The maximum atomic E-state index is 13.1. The highest BCUT2D eigenvalue weighted by Crippen LogP contribution is 2.43. The van der Waals surface area contributed by atoms with Crippen LogP contribution in [0.3, 0.4) is 0 Å². The average Bonchev–Trinajstić information content (AvgIpc) is 3.32. The maximum Gasteiger partial charge on any atom is 0.325 e. The van der Waals surface area contributed by atoms with E-state index in [4.69, 9.17) is 10.3 Å². The topological polar surface area (TPSA) is 114 Å². The highest BCUT2D eigenvalue weighted by atomic mass is 16.5. The van der Waals surface area contributed by atoms with E-state index in [2.05, 4.69) is 36.2 Å². The molecule has 1 aromatic heterocycles. The van der Waals surface area contributed by atoms with Gasteiger partial charge in [-0.3, -0.25) is 9.69 Å². The molecule has 4 rings (SSSR count). The van der Waals surface area contributed by atoms with Crippen molar-refractivity contribution in [1.82, 2.24) is 20.4 Å². The Morgan fingerprint density at radius 2 is 1.82 bits per heavy atom. The molecule has 28 heavy (non-hydrogen) atoms. The van der Waals surface area contributed by atoms with Crippen molar-refractivity contribution in [3.8, 4) is 0 Å². The van der Waals surface area contributed by atoms with Gasteiger partial charge in [-0.05, 0) is 49.9 Å². The number of carbonyl (C=O) groups is 2. The molecule has 1 spiro atoms. The molecule has 0 bridgehead atoms. The number of hydrogen-bond donors (Lipinski definition) is 2. The van der Waals surface area contributed by atoms with Crippen molar-refractivity contribution in [2.45, 2.75) is 89.8 Å². The summed E-state index contributed by atoms with van der Waals surface area (Å²) in [5.41, 5.74) is 5.26. The summed E-state index contributed by atoms with van der Waals surface area (Å²) in [6.45, 7) is 6.70. The second kappa shape index (κ2) is 6.54. The standard InChI is InChI=1S/C20H31N5O3/c1-18(2,3)13-6-10-20(11-7-13)16(26)25(17(27)23-20)12-14-22-15(24-28-14)19(21)8-4-5-9-19/h13H,4-12,21H2,1-3H3,(H,23,27). The molecule has 3 N–H and O–H groups in total. The van der Waals surface area contributed by atoms with Crippen LogP contribution in [-0.4, -0.2) is 32.5 Å². The predicted molar refractivity (Wildman–Crippen MR) is 102 cm³/mol. The van der Waals surface area contributed by atoms with Gasteiger partial charge in [0.1, 0.15) is 12.1 Å². The second-order valence-corrected chi connectivity index (χ2v) is 9.92. The number of imide groups is 1. The summed E-state index contributed by atoms with van der Waals surface area (Å²) >= 11 is 0. The number of amides is 3. The van der Waals surface area contributed by atoms with Gasteiger partial charge in [0, 0.05) is 0 Å². The summed E-state index contributed by atoms with van der Waals surface area (Å²) in [6, 6.07) is -0.373. The van der Waals surface area contributed by atoms with Gasteiger partial charge in [-0.15, -0.1) is 0 Å². The van der Waals surface area contributed by atoms with Crippen LogP contribution in [0.5, 0.6) is 0 Å². The Morgan fingerprint density at radius 1 is 1.18 bits per heavy atom. The molecule has 0 aromatic carbocycles. The van der Waals surface area contributed by atoms with Crippen molar-refractivity contribution < 1.29 is 14.1 Å². The minimum atomic E-state index is -0.776. The van der Waals surface area contributed by atoms with E-state index in [-0.39, 0.29) is 29.8 Å². The van der Waals surface area contributed by atoms with Crippen LogP contribution >= 0.6 is 0 Å². The van der Waals surface area contributed by atoms with E-state index >= 15 is 0 Å². The number of hydrogen-bond acceptors (Lipinski definition) is 6. The van der Waals surface area contributed by atoms with Crippen LogP contribution in [0.1, 0.15) is 83.9 Å². The molecule has 2 aliphatic carbocycles. The molecule has 0 atom stereocenters. The minimum Gasteiger partial charge on any atom is -0.337 e. The number of aromatic nitrogens is 2. The quantitative estimate of drug-likeness (QED) is 0.768. The molecule has 8 nitrogen and oxygen atoms in total. The Balaban J connectivity index is 1.45. The Morgan fingerprint density at radius 3 is 2.43 bits per heavy atom. The summed E-state index contributed by atoms with van der Waals surface area (Å²) in [5, 5.41) is 6.98. The predicted octanol–water partition coefficient (Wildman–Crippen LogP) is 2.82. The summed E-state index contributed by atoms with van der Waals surface area (Å²) in [5.74, 6) is 1.12. The minimum absolute atomic E-state index is 0.00179. The lowest BCUT2D eigenvalue weighted by molar-refractivity contribution is -0.133. The van der Waals surface area contributed by atoms with Crippen molar-refractivity contribution in [3.63, 3.8) is 0 Å². The fourth-order valence-corrected chi connectivity index (χ4v) is 5.02. The molecule has 0 radical (unpaired) electrons. The Kier molecular flexibility index (Phi) is 4.52. The maximum absolute atomic E-state index is 13.1. The Bertz CT molecular complexity index is 767. The molecular weight excluding hydrogens is 358 g/mol. The summed E-state index contributed by atoms with van der Waals surface area (Å²) in [6.07, 6.45) is 6.97. The zero-order valence-corrected chi connectivity index (χ0v) is 17.1. The molecule has 2 saturated carbocycles. The molecule has 3 fully saturated rings. The van der Waals surface area contributed by atoms with E-state index in [0.29, 0.717) is 24.6 Å². The van der Waals surface area contributed by atoms with Crippen LogP contribution in [0.2, 0.25) is 0 Å². The summed E-state index contributed by atoms with van der Waals surface area (Å²) in [7, 11) is 0. The van der Waals surface area contributed by atoms with Crippen LogP contribution in [0.25, 0.3) is 0 Å². The van der Waals surface area contributed by atoms with Crippen molar-refractivity contribution in [1.29, 1.82) is 0 Å². The van der Waals surface area contributed by atoms with Crippen LogP contribution in [0.15, 0.2) is 4.52 Å². The van der Waals surface area contributed by atoms with Crippen molar-refractivity contribution in [3.05, 3.63) is 11.7 Å². The first-order valence-electron chi connectivity index (χ1n) is 10.4. The normalized spacial score (nSPS) is 30.3. The van der Waals surface area contributed by atoms with Crippen molar-refractivity contribution in [2.24, 2.45) is 17.1 Å². The van der Waals surface area contributed by atoms with E-state index < -0.39 is 11.1 Å². The Labute approximate surface area is 165 Å². The van der Waals surface area contributed by atoms with Gasteiger partial charge in [-0.1, -0.05) is 38.8 Å². The number of carbonyl (C=O) groups excluding carboxylic acids is 2. The number of nitrogens with one attached hydrogen (secondary N) is 1. The van der Waals surface area contributed by atoms with Gasteiger partial charge in [0.05, 0.1) is 5.54 Å². The zero-order valence-electron chi connectivity index (χ0n) is 17.1. The fourth-order valence-electron chi connectivity index (χ4n) is 5.02. The highest BCUT2D eigenvalue weighted by Gasteiger charge is 2.53. The summed E-state index contributed by atoms with van der Waals surface area (Å²) < 4.78 is 5.32. The van der Waals surface area contributed by atoms with Gasteiger partial charge >= 0.3 is 6.03 Å². The average molecular weight is 390 g/mol. The van der Waals surface area contributed by atoms with Gasteiger partial charge in [-0.25, -0.2) is 4.79 Å². The second-order valence-electron chi connectivity index (χ2n) is 9.92. The Hall–Kier alpha value is -1.96. The first-order chi connectivity index (χ1) is 13.1. The molecule has 0 unspecified atom stereocenters. The van der Waals surface area contributed by atoms with Gasteiger partial charge in [0.15, 0.2) is 5.82 Å². The molecule has 1 saturated heterocycles. The van der Waals surface area contributed by atoms with Gasteiger partial charge < -0.3 is 15.6 Å². The van der Waals surface area contributed by atoms with Crippen LogP contribution in [-0.2, 0) is 16.9 Å². The molecule has 3 amide bonds. The van der Waals surface area contributed by atoms with E-state index in [1.54, 1.807) is 0 Å². The van der Waals surface area contributed by atoms with Crippen LogP contribution in [0.4, 0.5) is 4.79 Å². The number of urea groups is 1. The first-order valence-corrected chi connectivity index (χ1v) is 10.4. The molecule has 2 heterocycles. The van der Waals surface area contributed by atoms with Crippen molar-refractivity contribution >= 4 is 11.9 Å². The lowest BCUT2D eigenvalue weighted by Gasteiger charge is -2.40. The van der Waals surface area contributed by atoms with E-state index in [1.165, 1.54) is 4.90 Å². The number of nitrogens with zero attached hydrogens (tertiary/aromatic N) is 3. The van der Waals surface area contributed by atoms with E-state index in [0.717, 1.165) is 38.5 Å². The molecule has 1 aliphatic heterocycles.